The first-order valence-corrected chi connectivity index (χ1v) is 8.57. The number of fused-ring (bicyclic) bond motifs is 1. The standard InChI is InChI=1S/C18H24N4O2/c1-12(2)10-22-11-19-8-14(22)9-20-17(23)15-7-13-5-3-4-6-16(13)21-18(15)24/h7-8,11-12H,3-6,9-10H2,1-2H3,(H,20,23)(H,21,24). The summed E-state index contributed by atoms with van der Waals surface area (Å²) in [4.78, 5) is 31.6. The Morgan fingerprint density at radius 3 is 2.96 bits per heavy atom. The van der Waals surface area contributed by atoms with Crippen molar-refractivity contribution in [2.75, 3.05) is 0 Å². The van der Waals surface area contributed by atoms with E-state index in [1.54, 1.807) is 18.6 Å². The molecule has 0 saturated heterocycles. The Labute approximate surface area is 141 Å². The predicted octanol–water partition coefficient (Wildman–Crippen LogP) is 2.04. The number of H-pyrrole nitrogens is 1. The second-order valence-corrected chi connectivity index (χ2v) is 6.84. The van der Waals surface area contributed by atoms with E-state index in [0.717, 1.165) is 49.2 Å². The van der Waals surface area contributed by atoms with Crippen LogP contribution in [0.1, 0.15) is 54.0 Å². The number of carbonyl (C=O) groups excluding carboxylic acids is 1. The monoisotopic (exact) mass is 328 g/mol. The number of aromatic nitrogens is 3. The zero-order valence-corrected chi connectivity index (χ0v) is 14.3. The molecular formula is C18H24N4O2. The number of rotatable bonds is 5. The van der Waals surface area contributed by atoms with E-state index in [-0.39, 0.29) is 17.0 Å². The van der Waals surface area contributed by atoms with E-state index >= 15 is 0 Å². The molecule has 0 bridgehead atoms. The van der Waals surface area contributed by atoms with Gasteiger partial charge in [-0.3, -0.25) is 9.59 Å². The van der Waals surface area contributed by atoms with Crippen LogP contribution < -0.4 is 10.9 Å². The number of nitrogens with one attached hydrogen (secondary N) is 2. The minimum absolute atomic E-state index is 0.200. The molecule has 2 aromatic heterocycles. The lowest BCUT2D eigenvalue weighted by Crippen LogP contribution is -2.31. The Balaban J connectivity index is 1.72. The van der Waals surface area contributed by atoms with E-state index < -0.39 is 0 Å². The smallest absolute Gasteiger partial charge is 0.261 e. The van der Waals surface area contributed by atoms with Crippen LogP contribution in [0.5, 0.6) is 0 Å². The molecule has 2 heterocycles. The van der Waals surface area contributed by atoms with Gasteiger partial charge in [0.25, 0.3) is 11.5 Å². The summed E-state index contributed by atoms with van der Waals surface area (Å²) in [6.07, 6.45) is 7.53. The van der Waals surface area contributed by atoms with Gasteiger partial charge >= 0.3 is 0 Å². The Bertz CT molecular complexity index is 789. The highest BCUT2D eigenvalue weighted by Gasteiger charge is 2.17. The Morgan fingerprint density at radius 1 is 1.38 bits per heavy atom. The molecule has 24 heavy (non-hydrogen) atoms. The van der Waals surface area contributed by atoms with Gasteiger partial charge in [0.15, 0.2) is 0 Å². The first-order chi connectivity index (χ1) is 11.5. The number of aryl methyl sites for hydroxylation is 2. The second-order valence-electron chi connectivity index (χ2n) is 6.84. The van der Waals surface area contributed by atoms with E-state index in [1.165, 1.54) is 0 Å². The first-order valence-electron chi connectivity index (χ1n) is 8.57. The average molecular weight is 328 g/mol. The first kappa shape index (κ1) is 16.5. The SMILES string of the molecule is CC(C)Cn1cncc1CNC(=O)c1cc2c([nH]c1=O)CCCC2. The van der Waals surface area contributed by atoms with Crippen LogP contribution in [0, 0.1) is 5.92 Å². The lowest BCUT2D eigenvalue weighted by Gasteiger charge is -2.16. The molecule has 6 heteroatoms. The minimum atomic E-state index is -0.332. The summed E-state index contributed by atoms with van der Waals surface area (Å²) < 4.78 is 2.03. The number of carbonyl (C=O) groups is 1. The van der Waals surface area contributed by atoms with E-state index in [9.17, 15) is 9.59 Å². The maximum absolute atomic E-state index is 12.4. The molecule has 0 saturated carbocycles. The van der Waals surface area contributed by atoms with Crippen molar-refractivity contribution in [3.63, 3.8) is 0 Å². The molecule has 2 N–H and O–H groups in total. The van der Waals surface area contributed by atoms with E-state index in [0.29, 0.717) is 12.5 Å². The number of hydrogen-bond donors (Lipinski definition) is 2. The third-order valence-corrected chi connectivity index (χ3v) is 4.37. The van der Waals surface area contributed by atoms with Crippen molar-refractivity contribution in [1.29, 1.82) is 0 Å². The molecule has 1 amide bonds. The molecule has 0 atom stereocenters. The molecule has 0 fully saturated rings. The number of aromatic amines is 1. The molecule has 128 valence electrons. The summed E-state index contributed by atoms with van der Waals surface area (Å²) in [6, 6.07) is 1.76. The van der Waals surface area contributed by atoms with Crippen LogP contribution in [0.2, 0.25) is 0 Å². The van der Waals surface area contributed by atoms with Crippen LogP contribution in [0.15, 0.2) is 23.4 Å². The summed E-state index contributed by atoms with van der Waals surface area (Å²) >= 11 is 0. The number of nitrogens with zero attached hydrogens (tertiary/aromatic N) is 2. The Morgan fingerprint density at radius 2 is 2.17 bits per heavy atom. The second kappa shape index (κ2) is 7.03. The van der Waals surface area contributed by atoms with E-state index in [1.807, 2.05) is 4.57 Å². The van der Waals surface area contributed by atoms with Gasteiger partial charge in [-0.2, -0.15) is 0 Å². The molecule has 0 aliphatic heterocycles. The van der Waals surface area contributed by atoms with E-state index in [4.69, 9.17) is 0 Å². The maximum Gasteiger partial charge on any atom is 0.261 e. The Hall–Kier alpha value is -2.37. The van der Waals surface area contributed by atoms with Crippen molar-refractivity contribution >= 4 is 5.91 Å². The summed E-state index contributed by atoms with van der Waals surface area (Å²) in [7, 11) is 0. The van der Waals surface area contributed by atoms with Gasteiger partial charge in [-0.05, 0) is 43.2 Å². The van der Waals surface area contributed by atoms with Crippen molar-refractivity contribution in [2.24, 2.45) is 5.92 Å². The molecule has 3 rings (SSSR count). The van der Waals surface area contributed by atoms with Crippen molar-refractivity contribution in [3.05, 3.63) is 51.5 Å². The quantitative estimate of drug-likeness (QED) is 0.881. The minimum Gasteiger partial charge on any atom is -0.346 e. The molecule has 0 spiro atoms. The fourth-order valence-corrected chi connectivity index (χ4v) is 3.16. The zero-order valence-electron chi connectivity index (χ0n) is 14.3. The van der Waals surface area contributed by atoms with Crippen molar-refractivity contribution in [1.82, 2.24) is 19.9 Å². The topological polar surface area (TPSA) is 79.8 Å². The van der Waals surface area contributed by atoms with Crippen molar-refractivity contribution in [2.45, 2.75) is 52.6 Å². The molecule has 0 aromatic carbocycles. The molecule has 6 nitrogen and oxygen atoms in total. The van der Waals surface area contributed by atoms with Crippen LogP contribution in [0.4, 0.5) is 0 Å². The van der Waals surface area contributed by atoms with Gasteiger partial charge in [-0.25, -0.2) is 4.98 Å². The summed E-state index contributed by atoms with van der Waals surface area (Å²) in [5.74, 6) is 0.166. The lowest BCUT2D eigenvalue weighted by atomic mass is 9.95. The van der Waals surface area contributed by atoms with Gasteiger partial charge in [0.2, 0.25) is 0 Å². The largest absolute Gasteiger partial charge is 0.346 e. The van der Waals surface area contributed by atoms with Gasteiger partial charge in [0, 0.05) is 18.4 Å². The Kier molecular flexibility index (Phi) is 4.83. The van der Waals surface area contributed by atoms with Gasteiger partial charge in [0.1, 0.15) is 5.56 Å². The molecule has 0 unspecified atom stereocenters. The normalized spacial score (nSPS) is 13.8. The van der Waals surface area contributed by atoms with Crippen LogP contribution >= 0.6 is 0 Å². The van der Waals surface area contributed by atoms with E-state index in [2.05, 4.69) is 29.1 Å². The summed E-state index contributed by atoms with van der Waals surface area (Å²) in [6.45, 7) is 5.48. The fraction of sp³-hybridized carbons (Fsp3) is 0.500. The van der Waals surface area contributed by atoms with Crippen molar-refractivity contribution in [3.8, 4) is 0 Å². The number of hydrogen-bond acceptors (Lipinski definition) is 3. The maximum atomic E-state index is 12.4. The van der Waals surface area contributed by atoms with Crippen LogP contribution in [0.25, 0.3) is 0 Å². The van der Waals surface area contributed by atoms with Crippen LogP contribution in [0.3, 0.4) is 0 Å². The molecule has 2 aromatic rings. The highest BCUT2D eigenvalue weighted by atomic mass is 16.2. The lowest BCUT2D eigenvalue weighted by molar-refractivity contribution is 0.0948. The molecule has 1 aliphatic rings. The van der Waals surface area contributed by atoms with Crippen LogP contribution in [-0.4, -0.2) is 20.4 Å². The molecule has 1 aliphatic carbocycles. The van der Waals surface area contributed by atoms with Gasteiger partial charge in [-0.1, -0.05) is 13.8 Å². The molecular weight excluding hydrogens is 304 g/mol. The van der Waals surface area contributed by atoms with Gasteiger partial charge < -0.3 is 14.9 Å². The number of amides is 1. The highest BCUT2D eigenvalue weighted by Crippen LogP contribution is 2.18. The third-order valence-electron chi connectivity index (χ3n) is 4.37. The third kappa shape index (κ3) is 3.58. The zero-order chi connectivity index (χ0) is 17.1. The predicted molar refractivity (Wildman–Crippen MR) is 91.9 cm³/mol. The summed E-state index contributed by atoms with van der Waals surface area (Å²) in [5.41, 5.74) is 2.91. The number of pyridine rings is 1. The summed E-state index contributed by atoms with van der Waals surface area (Å²) in [5, 5.41) is 2.84. The van der Waals surface area contributed by atoms with Crippen LogP contribution in [-0.2, 0) is 25.9 Å². The van der Waals surface area contributed by atoms with Crippen molar-refractivity contribution < 1.29 is 4.79 Å². The fourth-order valence-electron chi connectivity index (χ4n) is 3.16. The van der Waals surface area contributed by atoms with Gasteiger partial charge in [0.05, 0.1) is 18.6 Å². The molecule has 0 radical (unpaired) electrons. The highest BCUT2D eigenvalue weighted by molar-refractivity contribution is 5.94. The average Bonchev–Trinajstić information content (AvgIpc) is 2.98. The number of imidazole rings is 1. The van der Waals surface area contributed by atoms with Gasteiger partial charge in [-0.15, -0.1) is 0 Å².